The third-order valence-corrected chi connectivity index (χ3v) is 3.88. The molecule has 3 N–H and O–H groups in total. The molecule has 0 aliphatic heterocycles. The lowest BCUT2D eigenvalue weighted by Gasteiger charge is -2.13. The summed E-state index contributed by atoms with van der Waals surface area (Å²) in [6.45, 7) is 4.92. The Kier molecular flexibility index (Phi) is 12.6. The molecular weight excluding hydrogens is 332 g/mol. The molecule has 0 aromatic heterocycles. The number of hydrogen-bond acceptors (Lipinski definition) is 6. The van der Waals surface area contributed by atoms with E-state index in [1.54, 1.807) is 14.2 Å². The maximum atomic E-state index is 9.65. The van der Waals surface area contributed by atoms with Crippen molar-refractivity contribution in [2.24, 2.45) is 0 Å². The van der Waals surface area contributed by atoms with Crippen molar-refractivity contribution in [1.82, 2.24) is 10.6 Å². The van der Waals surface area contributed by atoms with Crippen LogP contribution in [0.15, 0.2) is 30.4 Å². The monoisotopic (exact) mass is 366 g/mol. The molecule has 0 heterocycles. The van der Waals surface area contributed by atoms with E-state index in [4.69, 9.17) is 14.2 Å². The molecule has 1 aromatic carbocycles. The first-order chi connectivity index (χ1) is 12.7. The van der Waals surface area contributed by atoms with Gasteiger partial charge in [-0.2, -0.15) is 0 Å². The van der Waals surface area contributed by atoms with Crippen molar-refractivity contribution < 1.29 is 19.3 Å². The van der Waals surface area contributed by atoms with E-state index in [0.717, 1.165) is 55.8 Å². The molecule has 6 nitrogen and oxygen atoms in total. The van der Waals surface area contributed by atoms with E-state index in [-0.39, 0.29) is 0 Å². The normalized spacial score (nSPS) is 12.5. The zero-order valence-corrected chi connectivity index (χ0v) is 16.3. The highest BCUT2D eigenvalue weighted by Gasteiger charge is 2.04. The number of aliphatic hydroxyl groups excluding tert-OH is 1. The smallest absolute Gasteiger partial charge is 0.213 e. The summed E-state index contributed by atoms with van der Waals surface area (Å²) >= 11 is 0. The van der Waals surface area contributed by atoms with Gasteiger partial charge in [-0.25, -0.2) is 0 Å². The number of allylic oxidation sites excluding steroid dienone is 1. The van der Waals surface area contributed by atoms with Gasteiger partial charge in [-0.05, 0) is 38.4 Å². The summed E-state index contributed by atoms with van der Waals surface area (Å²) in [6.07, 6.45) is 7.23. The van der Waals surface area contributed by atoms with Crippen LogP contribution in [0.4, 0.5) is 0 Å². The number of benzene rings is 1. The zero-order chi connectivity index (χ0) is 19.0. The molecule has 0 radical (unpaired) electrons. The van der Waals surface area contributed by atoms with Crippen molar-refractivity contribution in [1.29, 1.82) is 0 Å². The second kappa shape index (κ2) is 14.6. The van der Waals surface area contributed by atoms with E-state index < -0.39 is 6.41 Å². The quantitative estimate of drug-likeness (QED) is 0.252. The number of aliphatic hydroxyl groups is 1. The van der Waals surface area contributed by atoms with Crippen molar-refractivity contribution in [3.8, 4) is 11.5 Å². The Labute approximate surface area is 157 Å². The van der Waals surface area contributed by atoms with Crippen LogP contribution in [0.3, 0.4) is 0 Å². The number of nitrogens with one attached hydrogen (secondary N) is 2. The molecule has 1 aromatic rings. The molecule has 1 unspecified atom stereocenters. The van der Waals surface area contributed by atoms with E-state index in [1.165, 1.54) is 0 Å². The highest BCUT2D eigenvalue weighted by Crippen LogP contribution is 2.24. The summed E-state index contributed by atoms with van der Waals surface area (Å²) < 4.78 is 15.8. The van der Waals surface area contributed by atoms with Crippen molar-refractivity contribution in [3.63, 3.8) is 0 Å². The summed E-state index contributed by atoms with van der Waals surface area (Å²) in [7, 11) is 3.31. The first-order valence-corrected chi connectivity index (χ1v) is 9.31. The van der Waals surface area contributed by atoms with Crippen LogP contribution in [0.2, 0.25) is 0 Å². The summed E-state index contributed by atoms with van der Waals surface area (Å²) in [5.74, 6) is 1.62. The molecule has 0 amide bonds. The minimum Gasteiger partial charge on any atom is -0.497 e. The average molecular weight is 367 g/mol. The lowest BCUT2D eigenvalue weighted by molar-refractivity contribution is -0.110. The van der Waals surface area contributed by atoms with Crippen LogP contribution in [0.25, 0.3) is 0 Å². The zero-order valence-electron chi connectivity index (χ0n) is 16.3. The van der Waals surface area contributed by atoms with E-state index in [2.05, 4.69) is 23.6 Å². The number of unbranched alkanes of at least 4 members (excludes halogenated alkanes) is 2. The van der Waals surface area contributed by atoms with Gasteiger partial charge < -0.3 is 24.6 Å². The standard InChI is InChI=1S/C20H34N2O4/c1-4-5-6-9-14-26-20(23)22-13-8-7-12-21-16-17-10-11-18(24-2)15-19(17)25-3/h6,9-11,15,20-23H,4-5,7-8,12-14,16H2,1-3H3/b9-6-. The first kappa shape index (κ1) is 22.4. The van der Waals surface area contributed by atoms with Crippen LogP contribution in [0.5, 0.6) is 11.5 Å². The van der Waals surface area contributed by atoms with Gasteiger partial charge in [-0.15, -0.1) is 0 Å². The SMILES string of the molecule is CCC/C=C\COC(O)NCCCCNCc1ccc(OC)cc1OC. The fourth-order valence-corrected chi connectivity index (χ4v) is 2.38. The molecule has 6 heteroatoms. The number of rotatable bonds is 15. The van der Waals surface area contributed by atoms with Crippen LogP contribution < -0.4 is 20.1 Å². The maximum absolute atomic E-state index is 9.65. The second-order valence-electron chi connectivity index (χ2n) is 5.96. The van der Waals surface area contributed by atoms with Gasteiger partial charge in [-0.1, -0.05) is 31.6 Å². The Morgan fingerprint density at radius 1 is 1.12 bits per heavy atom. The van der Waals surface area contributed by atoms with E-state index in [1.807, 2.05) is 24.3 Å². The van der Waals surface area contributed by atoms with Gasteiger partial charge in [0.1, 0.15) is 11.5 Å². The van der Waals surface area contributed by atoms with E-state index >= 15 is 0 Å². The van der Waals surface area contributed by atoms with Gasteiger partial charge in [0.2, 0.25) is 6.41 Å². The molecule has 0 aliphatic carbocycles. The second-order valence-corrected chi connectivity index (χ2v) is 5.96. The Morgan fingerprint density at radius 2 is 1.92 bits per heavy atom. The van der Waals surface area contributed by atoms with Crippen molar-refractivity contribution in [2.75, 3.05) is 33.9 Å². The molecule has 1 atom stereocenters. The van der Waals surface area contributed by atoms with Gasteiger partial charge >= 0.3 is 0 Å². The van der Waals surface area contributed by atoms with Gasteiger partial charge in [0.15, 0.2) is 0 Å². The Hall–Kier alpha value is -1.60. The summed E-state index contributed by atoms with van der Waals surface area (Å²) in [6, 6.07) is 5.83. The molecule has 1 rings (SSSR count). The van der Waals surface area contributed by atoms with Crippen molar-refractivity contribution in [2.45, 2.75) is 45.6 Å². The third-order valence-electron chi connectivity index (χ3n) is 3.88. The highest BCUT2D eigenvalue weighted by molar-refractivity contribution is 5.40. The lowest BCUT2D eigenvalue weighted by atomic mass is 10.2. The Bertz CT molecular complexity index is 509. The van der Waals surface area contributed by atoms with Crippen LogP contribution in [0.1, 0.15) is 38.2 Å². The number of ether oxygens (including phenoxy) is 3. The predicted octanol–water partition coefficient (Wildman–Crippen LogP) is 2.81. The fraction of sp³-hybridized carbons (Fsp3) is 0.600. The molecule has 148 valence electrons. The molecule has 0 saturated carbocycles. The number of methoxy groups -OCH3 is 2. The minimum absolute atomic E-state index is 0.430. The van der Waals surface area contributed by atoms with E-state index in [9.17, 15) is 5.11 Å². The average Bonchev–Trinajstić information content (AvgIpc) is 2.67. The summed E-state index contributed by atoms with van der Waals surface area (Å²) in [4.78, 5) is 0. The topological polar surface area (TPSA) is 72.0 Å². The molecule has 26 heavy (non-hydrogen) atoms. The van der Waals surface area contributed by atoms with Crippen LogP contribution in [0, 0.1) is 0 Å². The van der Waals surface area contributed by atoms with E-state index in [0.29, 0.717) is 13.2 Å². The number of hydrogen-bond donors (Lipinski definition) is 3. The molecule has 0 saturated heterocycles. The molecular formula is C20H34N2O4. The van der Waals surface area contributed by atoms with Gasteiger partial charge in [0.05, 0.1) is 20.8 Å². The Morgan fingerprint density at radius 3 is 2.65 bits per heavy atom. The van der Waals surface area contributed by atoms with Crippen LogP contribution in [-0.2, 0) is 11.3 Å². The first-order valence-electron chi connectivity index (χ1n) is 9.31. The largest absolute Gasteiger partial charge is 0.497 e. The Balaban J connectivity index is 2.07. The summed E-state index contributed by atoms with van der Waals surface area (Å²) in [5, 5.41) is 16.0. The predicted molar refractivity (Wildman–Crippen MR) is 104 cm³/mol. The van der Waals surface area contributed by atoms with Crippen molar-refractivity contribution in [3.05, 3.63) is 35.9 Å². The van der Waals surface area contributed by atoms with Gasteiger partial charge in [0, 0.05) is 18.2 Å². The third kappa shape index (κ3) is 9.77. The fourth-order valence-electron chi connectivity index (χ4n) is 2.38. The van der Waals surface area contributed by atoms with Gasteiger partial charge in [-0.3, -0.25) is 5.32 Å². The van der Waals surface area contributed by atoms with Crippen LogP contribution in [-0.4, -0.2) is 45.4 Å². The molecule has 0 fully saturated rings. The molecule has 0 bridgehead atoms. The van der Waals surface area contributed by atoms with Crippen LogP contribution >= 0.6 is 0 Å². The van der Waals surface area contributed by atoms with Gasteiger partial charge in [0.25, 0.3) is 0 Å². The molecule has 0 aliphatic rings. The molecule has 0 spiro atoms. The lowest BCUT2D eigenvalue weighted by Crippen LogP contribution is -2.32. The maximum Gasteiger partial charge on any atom is 0.213 e. The minimum atomic E-state index is -0.905. The highest BCUT2D eigenvalue weighted by atomic mass is 16.6. The van der Waals surface area contributed by atoms with Crippen molar-refractivity contribution >= 4 is 0 Å². The summed E-state index contributed by atoms with van der Waals surface area (Å²) in [5.41, 5.74) is 1.10.